The van der Waals surface area contributed by atoms with Gasteiger partial charge in [0.25, 0.3) is 5.91 Å². The van der Waals surface area contributed by atoms with E-state index in [1.54, 1.807) is 18.3 Å². The molecule has 17 heavy (non-hydrogen) atoms. The van der Waals surface area contributed by atoms with Gasteiger partial charge >= 0.3 is 0 Å². The second kappa shape index (κ2) is 5.11. The van der Waals surface area contributed by atoms with Gasteiger partial charge < -0.3 is 10.1 Å². The van der Waals surface area contributed by atoms with Crippen LogP contribution in [-0.4, -0.2) is 27.7 Å². The Labute approximate surface area is 98.0 Å². The van der Waals surface area contributed by atoms with Gasteiger partial charge in [0.1, 0.15) is 0 Å². The Kier molecular flexibility index (Phi) is 3.34. The van der Waals surface area contributed by atoms with Crippen molar-refractivity contribution in [2.75, 3.05) is 11.9 Å². The SMILES string of the molecule is CCOc1ccc(NC(=O)c2cn[nH]c2)cn1. The molecule has 0 atom stereocenters. The van der Waals surface area contributed by atoms with Gasteiger partial charge in [0, 0.05) is 12.3 Å². The Morgan fingerprint density at radius 1 is 1.47 bits per heavy atom. The minimum Gasteiger partial charge on any atom is -0.478 e. The molecule has 0 radical (unpaired) electrons. The molecule has 0 saturated heterocycles. The third-order valence-corrected chi connectivity index (χ3v) is 2.05. The summed E-state index contributed by atoms with van der Waals surface area (Å²) >= 11 is 0. The minimum absolute atomic E-state index is 0.232. The second-order valence-corrected chi connectivity index (χ2v) is 3.26. The Balaban J connectivity index is 2.01. The molecule has 88 valence electrons. The van der Waals surface area contributed by atoms with Crippen LogP contribution in [0, 0.1) is 0 Å². The minimum atomic E-state index is -0.232. The molecule has 0 spiro atoms. The van der Waals surface area contributed by atoms with Crippen LogP contribution in [0.5, 0.6) is 5.88 Å². The Hall–Kier alpha value is -2.37. The maximum absolute atomic E-state index is 11.7. The quantitative estimate of drug-likeness (QED) is 0.836. The Bertz CT molecular complexity index is 479. The molecular weight excluding hydrogens is 220 g/mol. The van der Waals surface area contributed by atoms with E-state index >= 15 is 0 Å². The number of H-pyrrole nitrogens is 1. The number of nitrogens with one attached hydrogen (secondary N) is 2. The molecule has 0 bridgehead atoms. The molecule has 1 amide bonds. The number of aromatic nitrogens is 3. The fourth-order valence-corrected chi connectivity index (χ4v) is 1.27. The first-order valence-electron chi connectivity index (χ1n) is 5.18. The number of carbonyl (C=O) groups is 1. The summed E-state index contributed by atoms with van der Waals surface area (Å²) in [5, 5.41) is 8.97. The summed E-state index contributed by atoms with van der Waals surface area (Å²) in [6, 6.07) is 3.43. The number of amides is 1. The topological polar surface area (TPSA) is 79.9 Å². The molecule has 2 rings (SSSR count). The zero-order valence-electron chi connectivity index (χ0n) is 9.30. The zero-order chi connectivity index (χ0) is 12.1. The summed E-state index contributed by atoms with van der Waals surface area (Å²) in [5.41, 5.74) is 1.08. The third kappa shape index (κ3) is 2.81. The van der Waals surface area contributed by atoms with Gasteiger partial charge in [-0.1, -0.05) is 0 Å². The van der Waals surface area contributed by atoms with E-state index in [4.69, 9.17) is 4.74 Å². The summed E-state index contributed by atoms with van der Waals surface area (Å²) in [4.78, 5) is 15.7. The first-order chi connectivity index (χ1) is 8.29. The van der Waals surface area contributed by atoms with Crippen molar-refractivity contribution in [1.29, 1.82) is 0 Å². The monoisotopic (exact) mass is 232 g/mol. The molecular formula is C11H12N4O2. The highest BCUT2D eigenvalue weighted by Gasteiger charge is 2.06. The molecule has 0 aliphatic rings. The van der Waals surface area contributed by atoms with Crippen molar-refractivity contribution in [3.63, 3.8) is 0 Å². The zero-order valence-corrected chi connectivity index (χ0v) is 9.30. The van der Waals surface area contributed by atoms with E-state index in [0.29, 0.717) is 23.7 Å². The summed E-state index contributed by atoms with van der Waals surface area (Å²) in [5.74, 6) is 0.304. The Morgan fingerprint density at radius 2 is 2.35 bits per heavy atom. The summed E-state index contributed by atoms with van der Waals surface area (Å²) < 4.78 is 5.20. The number of rotatable bonds is 4. The molecule has 2 aromatic rings. The average Bonchev–Trinajstić information content (AvgIpc) is 2.86. The molecule has 2 heterocycles. The smallest absolute Gasteiger partial charge is 0.258 e. The molecule has 0 saturated carbocycles. The van der Waals surface area contributed by atoms with E-state index in [-0.39, 0.29) is 5.91 Å². The van der Waals surface area contributed by atoms with Crippen LogP contribution in [-0.2, 0) is 0 Å². The summed E-state index contributed by atoms with van der Waals surface area (Å²) in [7, 11) is 0. The summed E-state index contributed by atoms with van der Waals surface area (Å²) in [6.45, 7) is 2.45. The average molecular weight is 232 g/mol. The number of nitrogens with zero attached hydrogens (tertiary/aromatic N) is 2. The van der Waals surface area contributed by atoms with Gasteiger partial charge in [0.15, 0.2) is 0 Å². The first kappa shape index (κ1) is 11.1. The van der Waals surface area contributed by atoms with Gasteiger partial charge in [0.05, 0.1) is 30.3 Å². The van der Waals surface area contributed by atoms with E-state index in [0.717, 1.165) is 0 Å². The van der Waals surface area contributed by atoms with Crippen molar-refractivity contribution < 1.29 is 9.53 Å². The fraction of sp³-hybridized carbons (Fsp3) is 0.182. The summed E-state index contributed by atoms with van der Waals surface area (Å²) in [6.07, 6.45) is 4.53. The van der Waals surface area contributed by atoms with Gasteiger partial charge in [-0.3, -0.25) is 9.89 Å². The lowest BCUT2D eigenvalue weighted by Gasteiger charge is -2.04. The maximum Gasteiger partial charge on any atom is 0.258 e. The van der Waals surface area contributed by atoms with Crippen molar-refractivity contribution in [1.82, 2.24) is 15.2 Å². The van der Waals surface area contributed by atoms with Crippen LogP contribution < -0.4 is 10.1 Å². The molecule has 0 aromatic carbocycles. The highest BCUT2D eigenvalue weighted by atomic mass is 16.5. The number of hydrogen-bond acceptors (Lipinski definition) is 4. The van der Waals surface area contributed by atoms with Gasteiger partial charge in [-0.05, 0) is 13.0 Å². The van der Waals surface area contributed by atoms with Gasteiger partial charge in [-0.2, -0.15) is 5.10 Å². The second-order valence-electron chi connectivity index (χ2n) is 3.26. The highest BCUT2D eigenvalue weighted by Crippen LogP contribution is 2.12. The molecule has 0 unspecified atom stereocenters. The van der Waals surface area contributed by atoms with Crippen LogP contribution in [0.15, 0.2) is 30.7 Å². The number of ether oxygens (including phenoxy) is 1. The largest absolute Gasteiger partial charge is 0.478 e. The van der Waals surface area contributed by atoms with E-state index in [9.17, 15) is 4.79 Å². The maximum atomic E-state index is 11.7. The molecule has 6 nitrogen and oxygen atoms in total. The van der Waals surface area contributed by atoms with Crippen molar-refractivity contribution in [2.24, 2.45) is 0 Å². The standard InChI is InChI=1S/C11H12N4O2/c1-2-17-10-4-3-9(7-12-10)15-11(16)8-5-13-14-6-8/h3-7H,2H2,1H3,(H,13,14)(H,15,16). The predicted octanol–water partition coefficient (Wildman–Crippen LogP) is 1.46. The number of hydrogen-bond donors (Lipinski definition) is 2. The molecule has 0 fully saturated rings. The predicted molar refractivity (Wildman–Crippen MR) is 61.9 cm³/mol. The van der Waals surface area contributed by atoms with Crippen LogP contribution in [0.2, 0.25) is 0 Å². The lowest BCUT2D eigenvalue weighted by Crippen LogP contribution is -2.11. The first-order valence-corrected chi connectivity index (χ1v) is 5.18. The van der Waals surface area contributed by atoms with Crippen LogP contribution in [0.3, 0.4) is 0 Å². The van der Waals surface area contributed by atoms with Crippen LogP contribution >= 0.6 is 0 Å². The molecule has 6 heteroatoms. The number of pyridine rings is 1. The molecule has 0 aliphatic carbocycles. The van der Waals surface area contributed by atoms with Crippen molar-refractivity contribution in [3.05, 3.63) is 36.3 Å². The van der Waals surface area contributed by atoms with E-state index in [1.807, 2.05) is 6.92 Å². The van der Waals surface area contributed by atoms with Crippen molar-refractivity contribution >= 4 is 11.6 Å². The van der Waals surface area contributed by atoms with Gasteiger partial charge in [-0.15, -0.1) is 0 Å². The van der Waals surface area contributed by atoms with Crippen LogP contribution in [0.25, 0.3) is 0 Å². The van der Waals surface area contributed by atoms with Gasteiger partial charge in [0.2, 0.25) is 5.88 Å². The normalized spacial score (nSPS) is 9.94. The van der Waals surface area contributed by atoms with Crippen LogP contribution in [0.1, 0.15) is 17.3 Å². The Morgan fingerprint density at radius 3 is 2.94 bits per heavy atom. The van der Waals surface area contributed by atoms with Crippen molar-refractivity contribution in [2.45, 2.75) is 6.92 Å². The number of anilines is 1. The van der Waals surface area contributed by atoms with E-state index in [1.165, 1.54) is 12.4 Å². The number of aromatic amines is 1. The fourth-order valence-electron chi connectivity index (χ4n) is 1.27. The lowest BCUT2D eigenvalue weighted by atomic mass is 10.3. The number of carbonyl (C=O) groups excluding carboxylic acids is 1. The van der Waals surface area contributed by atoms with Gasteiger partial charge in [-0.25, -0.2) is 4.98 Å². The van der Waals surface area contributed by atoms with E-state index in [2.05, 4.69) is 20.5 Å². The molecule has 2 N–H and O–H groups in total. The lowest BCUT2D eigenvalue weighted by molar-refractivity contribution is 0.102. The third-order valence-electron chi connectivity index (χ3n) is 2.05. The molecule has 2 aromatic heterocycles. The highest BCUT2D eigenvalue weighted by molar-refractivity contribution is 6.03. The van der Waals surface area contributed by atoms with Crippen LogP contribution in [0.4, 0.5) is 5.69 Å². The van der Waals surface area contributed by atoms with E-state index < -0.39 is 0 Å². The van der Waals surface area contributed by atoms with Crippen molar-refractivity contribution in [3.8, 4) is 5.88 Å². The molecule has 0 aliphatic heterocycles.